The van der Waals surface area contributed by atoms with E-state index >= 15 is 0 Å². The fourth-order valence-corrected chi connectivity index (χ4v) is 5.81. The van der Waals surface area contributed by atoms with Gasteiger partial charge in [0.05, 0.1) is 11.8 Å². The highest BCUT2D eigenvalue weighted by Gasteiger charge is 2.22. The minimum absolute atomic E-state index is 0.118. The molecule has 2 aromatic heterocycles. The number of nitrogens with zero attached hydrogens (tertiary/aromatic N) is 4. The topological polar surface area (TPSA) is 110 Å². The Balaban J connectivity index is 1.22. The van der Waals surface area contributed by atoms with E-state index in [1.165, 1.54) is 22.7 Å². The van der Waals surface area contributed by atoms with Crippen LogP contribution in [0.1, 0.15) is 58.7 Å². The first-order chi connectivity index (χ1) is 19.6. The number of aryl methyl sites for hydroxylation is 2. The molecule has 2 heterocycles. The van der Waals surface area contributed by atoms with Gasteiger partial charge in [-0.05, 0) is 36.8 Å². The van der Waals surface area contributed by atoms with Crippen molar-refractivity contribution in [3.63, 3.8) is 0 Å². The van der Waals surface area contributed by atoms with Crippen molar-refractivity contribution in [2.75, 3.05) is 10.6 Å². The van der Waals surface area contributed by atoms with Crippen molar-refractivity contribution in [2.24, 2.45) is 0 Å². The summed E-state index contributed by atoms with van der Waals surface area (Å²) in [6.45, 7) is 7.57. The first kappa shape index (κ1) is 29.0. The summed E-state index contributed by atoms with van der Waals surface area (Å²) in [5.41, 5.74) is 1.88. The molecule has 2 N–H and O–H groups in total. The number of rotatable bonds is 15. The van der Waals surface area contributed by atoms with Gasteiger partial charge in [-0.2, -0.15) is 0 Å². The number of amides is 2. The lowest BCUT2D eigenvalue weighted by Gasteiger charge is -2.14. The summed E-state index contributed by atoms with van der Waals surface area (Å²) in [7, 11) is 0. The Labute approximate surface area is 242 Å². The monoisotopic (exact) mass is 572 g/mol. The smallest absolute Gasteiger partial charge is 0.234 e. The largest absolute Gasteiger partial charge is 0.300 e. The molecule has 2 amide bonds. The standard InChI is InChI=1S/C30H32N6O2S2/c1-3-13-23(21-15-7-5-8-16-21)27(37)31-29-35-33-25(39-29)19-11-12-20-26-34-36-30(40-26)32-28(38)24(14-4-2)22-17-9-6-10-18-22/h3-10,15-18,23-24H,1-2,11-14,19-20H2,(H,31,35,37)(H,32,36,38). The van der Waals surface area contributed by atoms with Gasteiger partial charge in [0.25, 0.3) is 0 Å². The summed E-state index contributed by atoms with van der Waals surface area (Å²) in [5, 5.41) is 25.3. The van der Waals surface area contributed by atoms with Crippen molar-refractivity contribution in [1.82, 2.24) is 20.4 Å². The van der Waals surface area contributed by atoms with Crippen molar-refractivity contribution < 1.29 is 9.59 Å². The lowest BCUT2D eigenvalue weighted by molar-refractivity contribution is -0.118. The fraction of sp³-hybridized carbons (Fsp3) is 0.267. The number of hydrogen-bond acceptors (Lipinski definition) is 8. The summed E-state index contributed by atoms with van der Waals surface area (Å²) >= 11 is 2.79. The average molecular weight is 573 g/mol. The zero-order chi connectivity index (χ0) is 28.2. The Kier molecular flexibility index (Phi) is 10.8. The van der Waals surface area contributed by atoms with Crippen LogP contribution in [0.25, 0.3) is 0 Å². The number of benzene rings is 2. The zero-order valence-corrected chi connectivity index (χ0v) is 23.8. The van der Waals surface area contributed by atoms with Gasteiger partial charge in [0.1, 0.15) is 10.0 Å². The maximum Gasteiger partial charge on any atom is 0.234 e. The lowest BCUT2D eigenvalue weighted by atomic mass is 9.95. The number of aromatic nitrogens is 4. The van der Waals surface area contributed by atoms with Crippen LogP contribution in [0.4, 0.5) is 10.3 Å². The molecule has 2 aromatic carbocycles. The Hall–Kier alpha value is -4.02. The number of unbranched alkanes of at least 4 members (excludes halogenated alkanes) is 1. The highest BCUT2D eigenvalue weighted by molar-refractivity contribution is 7.15. The number of anilines is 2. The Morgan fingerprint density at radius 3 is 1.45 bits per heavy atom. The number of carbonyl (C=O) groups is 2. The molecule has 206 valence electrons. The van der Waals surface area contributed by atoms with E-state index in [-0.39, 0.29) is 23.7 Å². The SMILES string of the molecule is C=CCC(C(=O)Nc1nnc(CCCCc2nnc(NC(=O)C(CC=C)c3ccccc3)s2)s1)c1ccccc1. The molecule has 2 atom stereocenters. The quantitative estimate of drug-likeness (QED) is 0.123. The predicted molar refractivity (Wildman–Crippen MR) is 162 cm³/mol. The molecule has 0 aliphatic heterocycles. The van der Waals surface area contributed by atoms with E-state index in [1.54, 1.807) is 12.2 Å². The third-order valence-electron chi connectivity index (χ3n) is 6.27. The molecule has 0 aliphatic carbocycles. The third kappa shape index (κ3) is 8.24. The third-order valence-corrected chi connectivity index (χ3v) is 8.06. The predicted octanol–water partition coefficient (Wildman–Crippen LogP) is 6.55. The van der Waals surface area contributed by atoms with Crippen LogP contribution in [0.15, 0.2) is 86.0 Å². The van der Waals surface area contributed by atoms with Crippen molar-refractivity contribution in [2.45, 2.75) is 50.4 Å². The zero-order valence-electron chi connectivity index (χ0n) is 22.2. The maximum atomic E-state index is 12.9. The van der Waals surface area contributed by atoms with E-state index in [9.17, 15) is 9.59 Å². The second-order valence-electron chi connectivity index (χ2n) is 9.16. The number of hydrogen-bond donors (Lipinski definition) is 2. The van der Waals surface area contributed by atoms with Gasteiger partial charge in [-0.1, -0.05) is 95.5 Å². The molecule has 0 saturated heterocycles. The second-order valence-corrected chi connectivity index (χ2v) is 11.3. The van der Waals surface area contributed by atoms with Crippen LogP contribution < -0.4 is 10.6 Å². The van der Waals surface area contributed by atoms with Crippen LogP contribution in [-0.4, -0.2) is 32.2 Å². The maximum absolute atomic E-state index is 12.9. The van der Waals surface area contributed by atoms with Crippen molar-refractivity contribution >= 4 is 44.8 Å². The van der Waals surface area contributed by atoms with Crippen LogP contribution in [0.2, 0.25) is 0 Å². The van der Waals surface area contributed by atoms with Crippen molar-refractivity contribution in [1.29, 1.82) is 0 Å². The Bertz CT molecular complexity index is 1300. The van der Waals surface area contributed by atoms with E-state index in [4.69, 9.17) is 0 Å². The molecule has 4 rings (SSSR count). The minimum atomic E-state index is -0.321. The molecule has 8 nitrogen and oxygen atoms in total. The van der Waals surface area contributed by atoms with E-state index in [0.29, 0.717) is 23.1 Å². The van der Waals surface area contributed by atoms with Crippen LogP contribution in [0.3, 0.4) is 0 Å². The summed E-state index contributed by atoms with van der Waals surface area (Å²) in [5.74, 6) is -0.877. The van der Waals surface area contributed by atoms with Gasteiger partial charge < -0.3 is 0 Å². The molecule has 40 heavy (non-hydrogen) atoms. The molecule has 0 aliphatic rings. The molecule has 0 fully saturated rings. The van der Waals surface area contributed by atoms with E-state index in [1.807, 2.05) is 60.7 Å². The molecule has 0 saturated carbocycles. The lowest BCUT2D eigenvalue weighted by Crippen LogP contribution is -2.20. The van der Waals surface area contributed by atoms with Gasteiger partial charge in [-0.3, -0.25) is 20.2 Å². The van der Waals surface area contributed by atoms with Gasteiger partial charge in [0.15, 0.2) is 0 Å². The van der Waals surface area contributed by atoms with Crippen molar-refractivity contribution in [3.05, 3.63) is 107 Å². The van der Waals surface area contributed by atoms with Crippen LogP contribution in [0, 0.1) is 0 Å². The van der Waals surface area contributed by atoms with Crippen LogP contribution in [0.5, 0.6) is 0 Å². The molecule has 0 radical (unpaired) electrons. The summed E-state index contributed by atoms with van der Waals surface area (Å²) < 4.78 is 0. The Morgan fingerprint density at radius 1 is 0.675 bits per heavy atom. The van der Waals surface area contributed by atoms with Gasteiger partial charge in [0, 0.05) is 12.8 Å². The average Bonchev–Trinajstić information content (AvgIpc) is 3.62. The molecule has 2 unspecified atom stereocenters. The molecule has 10 heteroatoms. The number of carbonyl (C=O) groups excluding carboxylic acids is 2. The summed E-state index contributed by atoms with van der Waals surface area (Å²) in [6, 6.07) is 19.3. The first-order valence-corrected chi connectivity index (χ1v) is 14.8. The van der Waals surface area contributed by atoms with Gasteiger partial charge in [-0.25, -0.2) is 0 Å². The highest BCUT2D eigenvalue weighted by atomic mass is 32.1. The van der Waals surface area contributed by atoms with E-state index in [2.05, 4.69) is 44.2 Å². The Morgan fingerprint density at radius 2 is 1.07 bits per heavy atom. The minimum Gasteiger partial charge on any atom is -0.300 e. The van der Waals surface area contributed by atoms with E-state index < -0.39 is 0 Å². The van der Waals surface area contributed by atoms with Gasteiger partial charge in [0.2, 0.25) is 22.1 Å². The normalized spacial score (nSPS) is 12.3. The number of nitrogens with one attached hydrogen (secondary N) is 2. The van der Waals surface area contributed by atoms with Gasteiger partial charge in [-0.15, -0.1) is 33.6 Å². The number of allylic oxidation sites excluding steroid dienone is 2. The summed E-state index contributed by atoms with van der Waals surface area (Å²) in [4.78, 5) is 25.8. The van der Waals surface area contributed by atoms with E-state index in [0.717, 1.165) is 46.8 Å². The molecule has 4 aromatic rings. The summed E-state index contributed by atoms with van der Waals surface area (Å²) in [6.07, 6.45) is 7.88. The van der Waals surface area contributed by atoms with Crippen molar-refractivity contribution in [3.8, 4) is 0 Å². The van der Waals surface area contributed by atoms with Crippen LogP contribution >= 0.6 is 22.7 Å². The molecule has 0 spiro atoms. The van der Waals surface area contributed by atoms with Gasteiger partial charge >= 0.3 is 0 Å². The molecule has 0 bridgehead atoms. The fourth-order valence-electron chi connectivity index (χ4n) is 4.24. The second kappa shape index (κ2) is 14.9. The van der Waals surface area contributed by atoms with Crippen LogP contribution in [-0.2, 0) is 22.4 Å². The first-order valence-electron chi connectivity index (χ1n) is 13.2. The molecular formula is C30H32N6O2S2. The molecular weight excluding hydrogens is 541 g/mol. The highest BCUT2D eigenvalue weighted by Crippen LogP contribution is 2.26.